The Bertz CT molecular complexity index is 1180. The van der Waals surface area contributed by atoms with E-state index in [1.165, 1.54) is 65.6 Å². The number of carbonyl (C=O) groups excluding carboxylic acids is 2. The Kier molecular flexibility index (Phi) is 6.79. The van der Waals surface area contributed by atoms with E-state index in [9.17, 15) is 22.8 Å². The molecule has 4 rings (SSSR count). The molecular weight excluding hydrogens is 451 g/mol. The summed E-state index contributed by atoms with van der Waals surface area (Å²) in [6.07, 6.45) is -0.0820. The highest BCUT2D eigenvalue weighted by molar-refractivity contribution is 8.15. The molecule has 1 aliphatic rings. The van der Waals surface area contributed by atoms with Gasteiger partial charge in [0.25, 0.3) is 0 Å². The molecule has 0 saturated carbocycles. The number of amides is 2. The molecule has 3 aromatic carbocycles. The van der Waals surface area contributed by atoms with Crippen molar-refractivity contribution in [3.63, 3.8) is 0 Å². The number of rotatable bonds is 5. The van der Waals surface area contributed by atoms with Crippen molar-refractivity contribution >= 4 is 40.1 Å². The number of benzene rings is 3. The van der Waals surface area contributed by atoms with Crippen LogP contribution in [0.3, 0.4) is 0 Å². The lowest BCUT2D eigenvalue weighted by atomic mass is 10.2. The molecule has 2 amide bonds. The molecule has 33 heavy (non-hydrogen) atoms. The van der Waals surface area contributed by atoms with Crippen LogP contribution < -0.4 is 5.32 Å². The van der Waals surface area contributed by atoms with Gasteiger partial charge >= 0.3 is 0 Å². The van der Waals surface area contributed by atoms with Crippen LogP contribution in [0.1, 0.15) is 12.0 Å². The second kappa shape index (κ2) is 9.91. The molecule has 1 N–H and O–H groups in total. The van der Waals surface area contributed by atoms with E-state index in [2.05, 4.69) is 10.3 Å². The number of nitrogens with one attached hydrogen (secondary N) is 1. The van der Waals surface area contributed by atoms with Crippen LogP contribution in [-0.2, 0) is 16.1 Å². The van der Waals surface area contributed by atoms with Crippen LogP contribution in [0.25, 0.3) is 0 Å². The number of thioether (sulfide) groups is 1. The predicted octanol–water partition coefficient (Wildman–Crippen LogP) is 5.26. The Morgan fingerprint density at radius 2 is 1.45 bits per heavy atom. The molecule has 0 aromatic heterocycles. The largest absolute Gasteiger partial charge is 0.325 e. The van der Waals surface area contributed by atoms with Crippen molar-refractivity contribution in [3.05, 3.63) is 95.8 Å². The van der Waals surface area contributed by atoms with Crippen molar-refractivity contribution in [2.45, 2.75) is 18.2 Å². The zero-order valence-electron chi connectivity index (χ0n) is 17.2. The third-order valence-corrected chi connectivity index (χ3v) is 6.04. The van der Waals surface area contributed by atoms with Crippen molar-refractivity contribution in [3.8, 4) is 0 Å². The number of hydrogen-bond acceptors (Lipinski definition) is 4. The highest BCUT2D eigenvalue weighted by Crippen LogP contribution is 2.31. The van der Waals surface area contributed by atoms with Gasteiger partial charge in [0.05, 0.1) is 12.2 Å². The Morgan fingerprint density at radius 1 is 0.909 bits per heavy atom. The third-order valence-electron chi connectivity index (χ3n) is 4.85. The Hall–Kier alpha value is -3.59. The number of anilines is 1. The fraction of sp³-hybridized carbons (Fsp3) is 0.125. The first-order chi connectivity index (χ1) is 15.9. The van der Waals surface area contributed by atoms with Gasteiger partial charge < -0.3 is 5.32 Å². The van der Waals surface area contributed by atoms with Crippen LogP contribution in [0, 0.1) is 17.5 Å². The first kappa shape index (κ1) is 22.6. The molecule has 1 fully saturated rings. The van der Waals surface area contributed by atoms with Crippen LogP contribution in [0.2, 0.25) is 0 Å². The topological polar surface area (TPSA) is 61.8 Å². The molecule has 5 nitrogen and oxygen atoms in total. The predicted molar refractivity (Wildman–Crippen MR) is 121 cm³/mol. The van der Waals surface area contributed by atoms with Crippen molar-refractivity contribution < 1.29 is 22.8 Å². The van der Waals surface area contributed by atoms with E-state index in [0.717, 1.165) is 11.8 Å². The molecule has 1 unspecified atom stereocenters. The molecule has 1 heterocycles. The number of hydrogen-bond donors (Lipinski definition) is 1. The van der Waals surface area contributed by atoms with Crippen LogP contribution >= 0.6 is 11.8 Å². The zero-order valence-corrected chi connectivity index (χ0v) is 18.0. The normalized spacial score (nSPS) is 17.3. The molecule has 1 saturated heterocycles. The van der Waals surface area contributed by atoms with Crippen molar-refractivity contribution in [2.75, 3.05) is 5.32 Å². The first-order valence-electron chi connectivity index (χ1n) is 9.99. The molecule has 9 heteroatoms. The van der Waals surface area contributed by atoms with Gasteiger partial charge in [-0.1, -0.05) is 23.9 Å². The van der Waals surface area contributed by atoms with Gasteiger partial charge in [-0.2, -0.15) is 0 Å². The molecule has 3 aromatic rings. The molecule has 0 spiro atoms. The van der Waals surface area contributed by atoms with Gasteiger partial charge in [0.2, 0.25) is 11.8 Å². The lowest BCUT2D eigenvalue weighted by Crippen LogP contribution is -2.44. The molecule has 0 aliphatic carbocycles. The SMILES string of the molecule is O=C(Nc1ccc(F)cc1)C1CC(=O)N(Cc2ccc(F)cc2)C(=Nc2ccc(F)cc2)S1. The first-order valence-corrected chi connectivity index (χ1v) is 10.9. The average Bonchev–Trinajstić information content (AvgIpc) is 2.80. The van der Waals surface area contributed by atoms with Crippen molar-refractivity contribution in [2.24, 2.45) is 4.99 Å². The lowest BCUT2D eigenvalue weighted by molar-refractivity contribution is -0.129. The minimum absolute atomic E-state index is 0.0820. The van der Waals surface area contributed by atoms with Gasteiger partial charge in [-0.3, -0.25) is 14.5 Å². The number of aliphatic imine (C=N–C) groups is 1. The zero-order chi connectivity index (χ0) is 23.4. The smallest absolute Gasteiger partial charge is 0.238 e. The fourth-order valence-electron chi connectivity index (χ4n) is 3.15. The van der Waals surface area contributed by atoms with Crippen LogP contribution in [0.15, 0.2) is 77.8 Å². The summed E-state index contributed by atoms with van der Waals surface area (Å²) in [5.74, 6) is -2.01. The van der Waals surface area contributed by atoms with Gasteiger partial charge in [0.1, 0.15) is 22.7 Å². The van der Waals surface area contributed by atoms with Crippen LogP contribution in [-0.4, -0.2) is 27.1 Å². The van der Waals surface area contributed by atoms with E-state index < -0.39 is 28.6 Å². The summed E-state index contributed by atoms with van der Waals surface area (Å²) in [7, 11) is 0. The Morgan fingerprint density at radius 3 is 2.06 bits per heavy atom. The fourth-order valence-corrected chi connectivity index (χ4v) is 4.25. The molecule has 168 valence electrons. The highest BCUT2D eigenvalue weighted by Gasteiger charge is 2.36. The monoisotopic (exact) mass is 469 g/mol. The maximum atomic E-state index is 13.3. The summed E-state index contributed by atoms with van der Waals surface area (Å²) in [5.41, 5.74) is 1.50. The molecule has 0 bridgehead atoms. The number of halogens is 3. The summed E-state index contributed by atoms with van der Waals surface area (Å²) >= 11 is 1.10. The minimum Gasteiger partial charge on any atom is -0.325 e. The number of carbonyl (C=O) groups is 2. The Balaban J connectivity index is 1.59. The maximum Gasteiger partial charge on any atom is 0.238 e. The molecule has 0 radical (unpaired) electrons. The highest BCUT2D eigenvalue weighted by atomic mass is 32.2. The molecule has 1 atom stereocenters. The summed E-state index contributed by atoms with van der Waals surface area (Å²) in [6, 6.07) is 16.5. The maximum absolute atomic E-state index is 13.3. The summed E-state index contributed by atoms with van der Waals surface area (Å²) in [6.45, 7) is 0.137. The van der Waals surface area contributed by atoms with E-state index in [4.69, 9.17) is 0 Å². The second-order valence-electron chi connectivity index (χ2n) is 7.28. The van der Waals surface area contributed by atoms with Crippen LogP contribution in [0.4, 0.5) is 24.5 Å². The number of nitrogens with zero attached hydrogens (tertiary/aromatic N) is 2. The lowest BCUT2D eigenvalue weighted by Gasteiger charge is -2.32. The van der Waals surface area contributed by atoms with Gasteiger partial charge in [-0.25, -0.2) is 18.2 Å². The van der Waals surface area contributed by atoms with Crippen LogP contribution in [0.5, 0.6) is 0 Å². The average molecular weight is 469 g/mol. The van der Waals surface area contributed by atoms with Gasteiger partial charge in [-0.05, 0) is 66.2 Å². The van der Waals surface area contributed by atoms with Gasteiger partial charge in [0, 0.05) is 12.1 Å². The standard InChI is InChI=1S/C24H18F3N3O2S/c25-16-3-1-15(2-4-16)14-30-22(31)13-21(23(32)28-19-9-5-17(26)6-10-19)33-24(30)29-20-11-7-18(27)8-12-20/h1-12,21H,13-14H2,(H,28,32). The van der Waals surface area contributed by atoms with E-state index >= 15 is 0 Å². The summed E-state index contributed by atoms with van der Waals surface area (Å²) in [5, 5.41) is 2.17. The van der Waals surface area contributed by atoms with Gasteiger partial charge in [-0.15, -0.1) is 0 Å². The molecular formula is C24H18F3N3O2S. The van der Waals surface area contributed by atoms with E-state index in [1.54, 1.807) is 12.1 Å². The minimum atomic E-state index is -0.772. The molecule has 1 aliphatic heterocycles. The summed E-state index contributed by atoms with van der Waals surface area (Å²) in [4.78, 5) is 31.7. The third kappa shape index (κ3) is 5.81. The van der Waals surface area contributed by atoms with E-state index in [-0.39, 0.29) is 24.0 Å². The summed E-state index contributed by atoms with van der Waals surface area (Å²) < 4.78 is 39.7. The second-order valence-corrected chi connectivity index (χ2v) is 8.45. The van der Waals surface area contributed by atoms with Gasteiger partial charge in [0.15, 0.2) is 5.17 Å². The number of amidine groups is 1. The van der Waals surface area contributed by atoms with E-state index in [0.29, 0.717) is 16.9 Å². The Labute approximate surface area is 192 Å². The van der Waals surface area contributed by atoms with Crippen molar-refractivity contribution in [1.29, 1.82) is 0 Å². The van der Waals surface area contributed by atoms with E-state index in [1.807, 2.05) is 0 Å². The van der Waals surface area contributed by atoms with Crippen molar-refractivity contribution in [1.82, 2.24) is 4.90 Å². The quantitative estimate of drug-likeness (QED) is 0.554.